The van der Waals surface area contributed by atoms with Crippen LogP contribution in [0.25, 0.3) is 0 Å². The molecule has 0 bridgehead atoms. The molecule has 4 unspecified atom stereocenters. The first kappa shape index (κ1) is 22.0. The highest BCUT2D eigenvalue weighted by Crippen LogP contribution is 2.24. The number of nitrogens with one attached hydrogen (secondary N) is 1. The average molecular weight is 381 g/mol. The Morgan fingerprint density at radius 3 is 2.44 bits per heavy atom. The monoisotopic (exact) mass is 380 g/mol. The number of hydrogen-bond donors (Lipinski definition) is 1. The smallest absolute Gasteiger partial charge is 0.310 e. The summed E-state index contributed by atoms with van der Waals surface area (Å²) in [6.45, 7) is 15.9. The summed E-state index contributed by atoms with van der Waals surface area (Å²) in [4.78, 5) is 21.6. The number of unbranched alkanes of at least 4 members (excludes halogenated alkanes) is 1. The molecule has 0 aromatic heterocycles. The summed E-state index contributed by atoms with van der Waals surface area (Å²) >= 11 is 0. The number of ether oxygens (including phenoxy) is 1. The molecule has 1 N–H and O–H groups in total. The first-order chi connectivity index (χ1) is 12.9. The molecule has 0 spiro atoms. The number of piperidine rings is 1. The average Bonchev–Trinajstić information content (AvgIpc) is 3.00. The molecule has 2 aliphatic rings. The minimum absolute atomic E-state index is 0.0538. The number of likely N-dealkylation sites (tertiary alicyclic amines) is 2. The molecule has 6 nitrogen and oxygen atoms in total. The van der Waals surface area contributed by atoms with Gasteiger partial charge in [0.2, 0.25) is 0 Å². The van der Waals surface area contributed by atoms with Crippen molar-refractivity contribution in [3.05, 3.63) is 0 Å². The number of rotatable bonds is 7. The molecule has 2 rings (SSSR count). The Balaban J connectivity index is 1.77. The highest BCUT2D eigenvalue weighted by molar-refractivity contribution is 5.82. The van der Waals surface area contributed by atoms with E-state index in [2.05, 4.69) is 42.8 Å². The molecule has 0 amide bonds. The van der Waals surface area contributed by atoms with E-state index in [4.69, 9.17) is 9.73 Å². The predicted molar refractivity (Wildman–Crippen MR) is 111 cm³/mol. The van der Waals surface area contributed by atoms with Crippen LogP contribution in [0.3, 0.4) is 0 Å². The third kappa shape index (κ3) is 6.66. The van der Waals surface area contributed by atoms with E-state index in [-0.39, 0.29) is 11.9 Å². The van der Waals surface area contributed by atoms with E-state index in [1.165, 1.54) is 39.6 Å². The van der Waals surface area contributed by atoms with Gasteiger partial charge in [-0.1, -0.05) is 20.8 Å². The summed E-state index contributed by atoms with van der Waals surface area (Å²) in [5.41, 5.74) is 0. The Bertz CT molecular complexity index is 487. The number of methoxy groups -OCH3 is 1. The Morgan fingerprint density at radius 2 is 1.81 bits per heavy atom. The Morgan fingerprint density at radius 1 is 1.11 bits per heavy atom. The van der Waals surface area contributed by atoms with Crippen LogP contribution in [0.4, 0.5) is 0 Å². The maximum Gasteiger partial charge on any atom is 0.310 e. The van der Waals surface area contributed by atoms with Crippen molar-refractivity contribution in [1.29, 1.82) is 0 Å². The first-order valence-electron chi connectivity index (χ1n) is 10.8. The van der Waals surface area contributed by atoms with Gasteiger partial charge in [-0.05, 0) is 50.5 Å². The van der Waals surface area contributed by atoms with Crippen LogP contribution in [0.5, 0.6) is 0 Å². The molecule has 6 heteroatoms. The molecule has 0 aromatic carbocycles. The third-order valence-electron chi connectivity index (χ3n) is 5.84. The van der Waals surface area contributed by atoms with E-state index in [0.717, 1.165) is 43.9 Å². The molecule has 156 valence electrons. The molecule has 2 aliphatic heterocycles. The number of esters is 1. The lowest BCUT2D eigenvalue weighted by molar-refractivity contribution is -0.145. The lowest BCUT2D eigenvalue weighted by Gasteiger charge is -2.34. The zero-order valence-electron chi connectivity index (χ0n) is 18.0. The summed E-state index contributed by atoms with van der Waals surface area (Å²) in [6.07, 6.45) is 3.68. The van der Waals surface area contributed by atoms with Crippen molar-refractivity contribution < 1.29 is 9.53 Å². The van der Waals surface area contributed by atoms with Gasteiger partial charge in [-0.15, -0.1) is 0 Å². The number of guanidine groups is 1. The van der Waals surface area contributed by atoms with E-state index in [0.29, 0.717) is 12.5 Å². The molecule has 0 aromatic rings. The topological polar surface area (TPSA) is 57.2 Å². The Kier molecular flexibility index (Phi) is 8.87. The molecular weight excluding hydrogens is 340 g/mol. The van der Waals surface area contributed by atoms with E-state index in [1.54, 1.807) is 0 Å². The van der Waals surface area contributed by atoms with Crippen LogP contribution in [0.2, 0.25) is 0 Å². The van der Waals surface area contributed by atoms with Crippen molar-refractivity contribution in [2.45, 2.75) is 47.0 Å². The molecule has 2 saturated heterocycles. The first-order valence-corrected chi connectivity index (χ1v) is 10.8. The Labute approximate surface area is 165 Å². The summed E-state index contributed by atoms with van der Waals surface area (Å²) in [6, 6.07) is 0. The van der Waals surface area contributed by atoms with Gasteiger partial charge >= 0.3 is 5.97 Å². The van der Waals surface area contributed by atoms with Crippen LogP contribution in [0.15, 0.2) is 4.99 Å². The van der Waals surface area contributed by atoms with Crippen LogP contribution < -0.4 is 5.32 Å². The Hall–Kier alpha value is -1.30. The maximum absolute atomic E-state index is 11.9. The predicted octanol–water partition coefficient (Wildman–Crippen LogP) is 2.45. The van der Waals surface area contributed by atoms with Crippen molar-refractivity contribution in [3.8, 4) is 0 Å². The quantitative estimate of drug-likeness (QED) is 0.318. The summed E-state index contributed by atoms with van der Waals surface area (Å²) in [5, 5.41) is 3.39. The fraction of sp³-hybridized carbons (Fsp3) is 0.905. The molecule has 4 atom stereocenters. The number of nitrogens with zero attached hydrogens (tertiary/aromatic N) is 3. The third-order valence-corrected chi connectivity index (χ3v) is 5.84. The standard InChI is InChI=1S/C21H40N4O2/c1-6-22-21(25-14-18(4)19(15-25)20(26)27-5)23-9-7-8-10-24-12-16(2)11-17(3)13-24/h16-19H,6-15H2,1-5H3,(H,22,23). The molecule has 2 heterocycles. The minimum Gasteiger partial charge on any atom is -0.469 e. The normalized spacial score (nSPS) is 29.8. The van der Waals surface area contributed by atoms with Gasteiger partial charge in [-0.3, -0.25) is 9.79 Å². The number of aliphatic imine (C=N–C) groups is 1. The highest BCUT2D eigenvalue weighted by Gasteiger charge is 2.36. The van der Waals surface area contributed by atoms with Gasteiger partial charge < -0.3 is 19.9 Å². The molecule has 27 heavy (non-hydrogen) atoms. The summed E-state index contributed by atoms with van der Waals surface area (Å²) in [7, 11) is 1.47. The molecule has 0 aliphatic carbocycles. The van der Waals surface area contributed by atoms with E-state index in [9.17, 15) is 4.79 Å². The van der Waals surface area contributed by atoms with Gasteiger partial charge in [0.1, 0.15) is 0 Å². The van der Waals surface area contributed by atoms with E-state index in [1.807, 2.05) is 0 Å². The molecule has 0 radical (unpaired) electrons. The van der Waals surface area contributed by atoms with Gasteiger partial charge in [0.25, 0.3) is 0 Å². The van der Waals surface area contributed by atoms with Crippen LogP contribution >= 0.6 is 0 Å². The largest absolute Gasteiger partial charge is 0.469 e. The zero-order valence-corrected chi connectivity index (χ0v) is 18.0. The summed E-state index contributed by atoms with van der Waals surface area (Å²) in [5.74, 6) is 2.73. The van der Waals surface area contributed by atoms with Gasteiger partial charge in [-0.25, -0.2) is 0 Å². The van der Waals surface area contributed by atoms with E-state index < -0.39 is 0 Å². The van der Waals surface area contributed by atoms with Crippen LogP contribution in [-0.2, 0) is 9.53 Å². The number of hydrogen-bond acceptors (Lipinski definition) is 4. The second kappa shape index (κ2) is 10.9. The SMILES string of the molecule is CCNC(=NCCCCN1CC(C)CC(C)C1)N1CC(C)C(C(=O)OC)C1. The molecule has 0 saturated carbocycles. The van der Waals surface area contributed by atoms with Crippen molar-refractivity contribution in [2.75, 3.05) is 52.9 Å². The van der Waals surface area contributed by atoms with Crippen LogP contribution in [-0.4, -0.2) is 74.7 Å². The van der Waals surface area contributed by atoms with Gasteiger partial charge in [0.15, 0.2) is 5.96 Å². The van der Waals surface area contributed by atoms with Crippen molar-refractivity contribution in [1.82, 2.24) is 15.1 Å². The zero-order chi connectivity index (χ0) is 19.8. The minimum atomic E-state index is -0.106. The number of carbonyl (C=O) groups excluding carboxylic acids is 1. The van der Waals surface area contributed by atoms with Gasteiger partial charge in [0, 0.05) is 39.3 Å². The van der Waals surface area contributed by atoms with E-state index >= 15 is 0 Å². The highest BCUT2D eigenvalue weighted by atomic mass is 16.5. The van der Waals surface area contributed by atoms with Crippen molar-refractivity contribution in [3.63, 3.8) is 0 Å². The molecular formula is C21H40N4O2. The second-order valence-electron chi connectivity index (χ2n) is 8.66. The lowest BCUT2D eigenvalue weighted by Crippen LogP contribution is -2.41. The number of carbonyl (C=O) groups is 1. The molecule has 2 fully saturated rings. The summed E-state index contributed by atoms with van der Waals surface area (Å²) < 4.78 is 4.95. The fourth-order valence-electron chi connectivity index (χ4n) is 4.63. The van der Waals surface area contributed by atoms with Gasteiger partial charge in [-0.2, -0.15) is 0 Å². The fourth-order valence-corrected chi connectivity index (χ4v) is 4.63. The van der Waals surface area contributed by atoms with Crippen molar-refractivity contribution >= 4 is 11.9 Å². The van der Waals surface area contributed by atoms with Gasteiger partial charge in [0.05, 0.1) is 13.0 Å². The van der Waals surface area contributed by atoms with Crippen molar-refractivity contribution in [2.24, 2.45) is 28.7 Å². The lowest BCUT2D eigenvalue weighted by atomic mass is 9.92. The van der Waals surface area contributed by atoms with Crippen LogP contribution in [0.1, 0.15) is 47.0 Å². The second-order valence-corrected chi connectivity index (χ2v) is 8.66. The maximum atomic E-state index is 11.9. The van der Waals surface area contributed by atoms with Crippen LogP contribution in [0, 0.1) is 23.7 Å².